The molecule has 2 fully saturated rings. The number of aliphatic carboxylic acids is 1. The van der Waals surface area contributed by atoms with Gasteiger partial charge in [0.25, 0.3) is 0 Å². The van der Waals surface area contributed by atoms with Crippen LogP contribution in [0.25, 0.3) is 0 Å². The van der Waals surface area contributed by atoms with Gasteiger partial charge in [0.2, 0.25) is 0 Å². The van der Waals surface area contributed by atoms with Gasteiger partial charge < -0.3 is 20.0 Å². The average molecular weight is 444 g/mol. The van der Waals surface area contributed by atoms with Crippen molar-refractivity contribution in [3.05, 3.63) is 29.3 Å². The minimum atomic E-state index is -1.20. The smallest absolute Gasteiger partial charge is 0.425 e. The van der Waals surface area contributed by atoms with Crippen LogP contribution < -0.4 is 14.9 Å². The van der Waals surface area contributed by atoms with E-state index < -0.39 is 5.97 Å². The molecule has 8 nitrogen and oxygen atoms in total. The Hall–Kier alpha value is -2.45. The number of fused-ring (bicyclic) bond motifs is 1. The van der Waals surface area contributed by atoms with Crippen molar-refractivity contribution in [2.75, 3.05) is 33.3 Å². The molecule has 2 amide bonds. The summed E-state index contributed by atoms with van der Waals surface area (Å²) in [5.41, 5.74) is 3.16. The van der Waals surface area contributed by atoms with Crippen LogP contribution in [0.2, 0.25) is 0 Å². The van der Waals surface area contributed by atoms with Crippen LogP contribution in [-0.4, -0.2) is 62.2 Å². The van der Waals surface area contributed by atoms with Crippen LogP contribution in [-0.2, 0) is 27.3 Å². The Morgan fingerprint density at radius 2 is 2.00 bits per heavy atom. The van der Waals surface area contributed by atoms with E-state index in [9.17, 15) is 19.5 Å². The fourth-order valence-electron chi connectivity index (χ4n) is 5.65. The van der Waals surface area contributed by atoms with Crippen molar-refractivity contribution in [2.24, 2.45) is 5.92 Å². The molecule has 1 atom stereocenters. The average Bonchev–Trinajstić information content (AvgIpc) is 3.13. The Morgan fingerprint density at radius 1 is 1.22 bits per heavy atom. The second-order valence-electron chi connectivity index (χ2n) is 9.37. The Morgan fingerprint density at radius 3 is 2.72 bits per heavy atom. The summed E-state index contributed by atoms with van der Waals surface area (Å²) in [6.07, 6.45) is 5.85. The molecule has 1 aliphatic carbocycles. The highest BCUT2D eigenvalue weighted by molar-refractivity contribution is 5.93. The Balaban J connectivity index is 1.48. The first kappa shape index (κ1) is 22.7. The quantitative estimate of drug-likeness (QED) is 0.504. The maximum Gasteiger partial charge on any atom is 0.425 e. The molecule has 0 aromatic heterocycles. The van der Waals surface area contributed by atoms with Gasteiger partial charge in [0, 0.05) is 31.1 Å². The monoisotopic (exact) mass is 443 g/mol. The molecule has 1 aromatic rings. The van der Waals surface area contributed by atoms with Gasteiger partial charge in [-0.25, -0.2) is 9.28 Å². The van der Waals surface area contributed by atoms with E-state index >= 15 is 0 Å². The van der Waals surface area contributed by atoms with Gasteiger partial charge in [0.05, 0.1) is 19.6 Å². The summed E-state index contributed by atoms with van der Waals surface area (Å²) in [5, 5.41) is 15.0. The van der Waals surface area contributed by atoms with Gasteiger partial charge in [-0.1, -0.05) is 6.07 Å². The lowest BCUT2D eigenvalue weighted by Crippen LogP contribution is -2.58. The number of carbonyl (C=O) groups is 3. The van der Waals surface area contributed by atoms with Crippen molar-refractivity contribution in [2.45, 2.75) is 57.5 Å². The molecule has 0 bridgehead atoms. The zero-order valence-electron chi connectivity index (χ0n) is 18.8. The largest absolute Gasteiger partial charge is 0.544 e. The van der Waals surface area contributed by atoms with E-state index in [-0.39, 0.29) is 29.1 Å². The van der Waals surface area contributed by atoms with Gasteiger partial charge in [-0.15, -0.1) is 0 Å². The molecule has 1 saturated carbocycles. The summed E-state index contributed by atoms with van der Waals surface area (Å²) in [6, 6.07) is 5.97. The Kier molecular flexibility index (Phi) is 6.81. The molecule has 0 radical (unpaired) electrons. The van der Waals surface area contributed by atoms with Gasteiger partial charge >= 0.3 is 12.0 Å². The Labute approximate surface area is 189 Å². The number of benzene rings is 1. The van der Waals surface area contributed by atoms with Crippen LogP contribution in [0.15, 0.2) is 18.2 Å². The van der Waals surface area contributed by atoms with E-state index in [4.69, 9.17) is 4.74 Å². The number of urea groups is 1. The highest BCUT2D eigenvalue weighted by Crippen LogP contribution is 2.37. The summed E-state index contributed by atoms with van der Waals surface area (Å²) in [6.45, 7) is 2.36. The number of quaternary nitrogens is 1. The van der Waals surface area contributed by atoms with Gasteiger partial charge in [-0.3, -0.25) is 9.69 Å². The first-order valence-corrected chi connectivity index (χ1v) is 11.7. The molecule has 1 aromatic carbocycles. The predicted octanol–water partition coefficient (Wildman–Crippen LogP) is 1.34. The lowest BCUT2D eigenvalue weighted by Gasteiger charge is -2.36. The topological polar surface area (TPSA) is 98.8 Å². The number of carbonyl (C=O) groups excluding carboxylic acids is 3. The molecule has 0 spiro atoms. The van der Waals surface area contributed by atoms with E-state index in [2.05, 4.69) is 5.32 Å². The van der Waals surface area contributed by atoms with E-state index in [1.54, 1.807) is 0 Å². The van der Waals surface area contributed by atoms with Crippen molar-refractivity contribution in [3.63, 3.8) is 0 Å². The van der Waals surface area contributed by atoms with E-state index in [0.29, 0.717) is 25.4 Å². The molecular weight excluding hydrogens is 410 g/mol. The number of hydrogen-bond acceptors (Lipinski definition) is 6. The number of carboxylic acid groups (broad SMARTS) is 1. The fraction of sp³-hybridized carbons (Fsp3) is 0.625. The number of nitrogens with zero attached hydrogens (tertiary/aromatic N) is 2. The third-order valence-electron chi connectivity index (χ3n) is 7.55. The zero-order valence-corrected chi connectivity index (χ0v) is 18.8. The van der Waals surface area contributed by atoms with Crippen molar-refractivity contribution in [3.8, 4) is 0 Å². The molecule has 1 unspecified atom stereocenters. The third-order valence-corrected chi connectivity index (χ3v) is 7.55. The highest BCUT2D eigenvalue weighted by atomic mass is 16.5. The summed E-state index contributed by atoms with van der Waals surface area (Å²) >= 11 is 0. The number of ether oxygens (including phenoxy) is 1. The third kappa shape index (κ3) is 4.52. The molecule has 4 rings (SSSR count). The van der Waals surface area contributed by atoms with Crippen molar-refractivity contribution >= 4 is 23.7 Å². The molecule has 2 aliphatic heterocycles. The molecule has 3 aliphatic rings. The van der Waals surface area contributed by atoms with Crippen molar-refractivity contribution < 1.29 is 24.2 Å². The van der Waals surface area contributed by atoms with Gasteiger partial charge in [-0.05, 0) is 62.1 Å². The molecule has 1 N–H and O–H groups in total. The number of methoxy groups -OCH3 is 1. The molecule has 32 heavy (non-hydrogen) atoms. The number of esters is 1. The molecule has 174 valence electrons. The maximum atomic E-state index is 13.7. The molecular formula is C24H33N3O5. The lowest BCUT2D eigenvalue weighted by molar-refractivity contribution is -0.305. The van der Waals surface area contributed by atoms with Crippen molar-refractivity contribution in [1.29, 1.82) is 0 Å². The fourth-order valence-corrected chi connectivity index (χ4v) is 5.65. The second-order valence-corrected chi connectivity index (χ2v) is 9.37. The normalized spacial score (nSPS) is 27.8. The molecule has 2 heterocycles. The van der Waals surface area contributed by atoms with Gasteiger partial charge in [0.15, 0.2) is 0 Å². The first-order valence-electron chi connectivity index (χ1n) is 11.7. The Bertz CT molecular complexity index is 880. The summed E-state index contributed by atoms with van der Waals surface area (Å²) in [7, 11) is 1.41. The number of hydrogen-bond donors (Lipinski definition) is 1. The van der Waals surface area contributed by atoms with Crippen LogP contribution in [0.3, 0.4) is 0 Å². The first-order chi connectivity index (χ1) is 15.4. The minimum Gasteiger partial charge on any atom is -0.544 e. The highest BCUT2D eigenvalue weighted by Gasteiger charge is 2.51. The standard InChI is InChI=1S/C24H33N3O5/c1-32-23(30)9-4-17-2-6-20(7-3-17)26-12-13-27(24(26)31,16-22(28)29)21-8-5-19-15-25-11-10-18(19)14-21/h5,8,14,17,20,25H,2-4,6-7,9-13,15-16H2,1H3. The van der Waals surface area contributed by atoms with Crippen LogP contribution >= 0.6 is 0 Å². The van der Waals surface area contributed by atoms with E-state index in [1.807, 2.05) is 23.1 Å². The van der Waals surface area contributed by atoms with Gasteiger partial charge in [0.1, 0.15) is 18.8 Å². The van der Waals surface area contributed by atoms with Crippen LogP contribution in [0.5, 0.6) is 0 Å². The van der Waals surface area contributed by atoms with Crippen molar-refractivity contribution in [1.82, 2.24) is 14.7 Å². The number of amides is 2. The maximum absolute atomic E-state index is 13.7. The van der Waals surface area contributed by atoms with E-state index in [1.165, 1.54) is 18.2 Å². The number of carboxylic acids is 1. The number of nitrogens with one attached hydrogen (secondary N) is 1. The van der Waals surface area contributed by atoms with Gasteiger partial charge in [-0.2, -0.15) is 0 Å². The van der Waals surface area contributed by atoms with E-state index in [0.717, 1.165) is 57.3 Å². The lowest BCUT2D eigenvalue weighted by atomic mass is 9.83. The summed E-state index contributed by atoms with van der Waals surface area (Å²) in [4.78, 5) is 38.7. The second kappa shape index (κ2) is 9.58. The molecule has 1 saturated heterocycles. The predicted molar refractivity (Wildman–Crippen MR) is 117 cm³/mol. The summed E-state index contributed by atoms with van der Waals surface area (Å²) in [5.74, 6) is -0.905. The number of rotatable bonds is 7. The van der Waals surface area contributed by atoms with Crippen LogP contribution in [0.1, 0.15) is 49.7 Å². The summed E-state index contributed by atoms with van der Waals surface area (Å²) < 4.78 is 4.55. The SMILES string of the molecule is COC(=O)CCC1CCC(N2CC[N+](CC(=O)[O-])(c3ccc4c(c3)CCNC4)C2=O)CC1. The minimum absolute atomic E-state index is 0.124. The van der Waals surface area contributed by atoms with Crippen LogP contribution in [0, 0.1) is 5.92 Å². The molecule has 8 heteroatoms. The van der Waals surface area contributed by atoms with Crippen LogP contribution in [0.4, 0.5) is 10.5 Å². The zero-order chi connectivity index (χ0) is 22.7.